The molecule has 112 valence electrons. The van der Waals surface area contributed by atoms with Crippen LogP contribution in [0.3, 0.4) is 0 Å². The summed E-state index contributed by atoms with van der Waals surface area (Å²) >= 11 is 0. The lowest BCUT2D eigenvalue weighted by Crippen LogP contribution is -2.16. The quantitative estimate of drug-likeness (QED) is 0.910. The second-order valence-electron chi connectivity index (χ2n) is 6.63. The highest BCUT2D eigenvalue weighted by molar-refractivity contribution is 5.83. The molecule has 1 aliphatic heterocycles. The number of hydrogen-bond acceptors (Lipinski definition) is 2. The van der Waals surface area contributed by atoms with Crippen LogP contribution in [0.2, 0.25) is 0 Å². The van der Waals surface area contributed by atoms with Crippen LogP contribution in [-0.4, -0.2) is 22.8 Å². The molecule has 1 aliphatic carbocycles. The maximum absolute atomic E-state index is 6.00. The highest BCUT2D eigenvalue weighted by atomic mass is 16.5. The molecular weight excluding hydrogens is 260 g/mol. The van der Waals surface area contributed by atoms with Crippen LogP contribution in [0.15, 0.2) is 30.5 Å². The lowest BCUT2D eigenvalue weighted by atomic mass is 10.2. The van der Waals surface area contributed by atoms with Crippen molar-refractivity contribution in [3.05, 3.63) is 36.0 Å². The number of rotatable bonds is 5. The van der Waals surface area contributed by atoms with E-state index in [0.29, 0.717) is 12.2 Å². The molecule has 3 heteroatoms. The van der Waals surface area contributed by atoms with Gasteiger partial charge in [-0.05, 0) is 44.2 Å². The number of nitrogens with one attached hydrogen (secondary N) is 1. The summed E-state index contributed by atoms with van der Waals surface area (Å²) in [5, 5.41) is 5.02. The van der Waals surface area contributed by atoms with Gasteiger partial charge in [-0.1, -0.05) is 18.2 Å². The third-order valence-electron chi connectivity index (χ3n) is 4.75. The van der Waals surface area contributed by atoms with Crippen LogP contribution in [0.5, 0.6) is 0 Å². The molecule has 1 aromatic heterocycles. The number of para-hydroxylation sites is 1. The molecule has 2 atom stereocenters. The summed E-state index contributed by atoms with van der Waals surface area (Å²) in [4.78, 5) is 0. The molecule has 1 saturated carbocycles. The summed E-state index contributed by atoms with van der Waals surface area (Å²) in [5.41, 5.74) is 2.76. The van der Waals surface area contributed by atoms with Crippen LogP contribution < -0.4 is 5.32 Å². The lowest BCUT2D eigenvalue weighted by molar-refractivity contribution is 0.0465. The van der Waals surface area contributed by atoms with Gasteiger partial charge in [0.1, 0.15) is 0 Å². The Morgan fingerprint density at radius 3 is 2.81 bits per heavy atom. The number of aromatic nitrogens is 1. The second kappa shape index (κ2) is 5.47. The highest BCUT2D eigenvalue weighted by Gasteiger charge is 2.24. The fourth-order valence-corrected chi connectivity index (χ4v) is 3.40. The Bertz CT molecular complexity index is 629. The first-order chi connectivity index (χ1) is 10.3. The van der Waals surface area contributed by atoms with Gasteiger partial charge in [-0.25, -0.2) is 0 Å². The minimum Gasteiger partial charge on any atom is -0.373 e. The summed E-state index contributed by atoms with van der Waals surface area (Å²) < 4.78 is 8.39. The van der Waals surface area contributed by atoms with E-state index >= 15 is 0 Å². The zero-order valence-corrected chi connectivity index (χ0v) is 12.7. The number of fused-ring (bicyclic) bond motifs is 1. The maximum atomic E-state index is 6.00. The van der Waals surface area contributed by atoms with Gasteiger partial charge < -0.3 is 14.6 Å². The van der Waals surface area contributed by atoms with Gasteiger partial charge in [0, 0.05) is 36.2 Å². The van der Waals surface area contributed by atoms with Crippen molar-refractivity contribution in [2.45, 2.75) is 63.9 Å². The Morgan fingerprint density at radius 1 is 1.19 bits per heavy atom. The van der Waals surface area contributed by atoms with Gasteiger partial charge >= 0.3 is 0 Å². The minimum absolute atomic E-state index is 0.375. The Labute approximate surface area is 126 Å². The summed E-state index contributed by atoms with van der Waals surface area (Å²) in [6.07, 6.45) is 8.18. The average molecular weight is 284 g/mol. The van der Waals surface area contributed by atoms with E-state index in [1.54, 1.807) is 0 Å². The van der Waals surface area contributed by atoms with Crippen LogP contribution in [0, 0.1) is 0 Å². The van der Waals surface area contributed by atoms with E-state index in [1.807, 2.05) is 0 Å². The minimum atomic E-state index is 0.375. The van der Waals surface area contributed by atoms with Crippen LogP contribution >= 0.6 is 0 Å². The van der Waals surface area contributed by atoms with Gasteiger partial charge in [-0.15, -0.1) is 0 Å². The van der Waals surface area contributed by atoms with Gasteiger partial charge in [-0.2, -0.15) is 0 Å². The van der Waals surface area contributed by atoms with Gasteiger partial charge in [0.25, 0.3) is 0 Å². The van der Waals surface area contributed by atoms with E-state index in [9.17, 15) is 0 Å². The van der Waals surface area contributed by atoms with Crippen molar-refractivity contribution >= 4 is 10.9 Å². The summed E-state index contributed by atoms with van der Waals surface area (Å²) in [6.45, 7) is 4.15. The normalized spacial score (nSPS) is 25.8. The monoisotopic (exact) mass is 284 g/mol. The van der Waals surface area contributed by atoms with Crippen molar-refractivity contribution in [1.29, 1.82) is 0 Å². The van der Waals surface area contributed by atoms with Crippen molar-refractivity contribution in [2.75, 3.05) is 0 Å². The van der Waals surface area contributed by atoms with Crippen molar-refractivity contribution in [3.8, 4) is 0 Å². The molecule has 4 rings (SSSR count). The smallest absolute Gasteiger partial charge is 0.0758 e. The zero-order chi connectivity index (χ0) is 14.2. The molecule has 2 unspecified atom stereocenters. The Kier molecular flexibility index (Phi) is 3.48. The summed E-state index contributed by atoms with van der Waals surface area (Å²) in [6, 6.07) is 9.50. The molecule has 21 heavy (non-hydrogen) atoms. The largest absolute Gasteiger partial charge is 0.373 e. The summed E-state index contributed by atoms with van der Waals surface area (Å²) in [7, 11) is 0. The fourth-order valence-electron chi connectivity index (χ4n) is 3.40. The van der Waals surface area contributed by atoms with Crippen molar-refractivity contribution < 1.29 is 4.74 Å². The molecule has 1 saturated heterocycles. The van der Waals surface area contributed by atoms with Gasteiger partial charge in [0.15, 0.2) is 0 Å². The number of nitrogens with zero attached hydrogens (tertiary/aromatic N) is 1. The zero-order valence-electron chi connectivity index (χ0n) is 12.7. The average Bonchev–Trinajstić information content (AvgIpc) is 3.15. The van der Waals surface area contributed by atoms with Crippen LogP contribution in [0.4, 0.5) is 0 Å². The van der Waals surface area contributed by atoms with E-state index in [2.05, 4.69) is 47.3 Å². The number of hydrogen-bond donors (Lipinski definition) is 1. The molecule has 1 aromatic carbocycles. The first kappa shape index (κ1) is 13.4. The Hall–Kier alpha value is -1.32. The molecule has 0 amide bonds. The van der Waals surface area contributed by atoms with E-state index in [4.69, 9.17) is 4.74 Å². The van der Waals surface area contributed by atoms with Gasteiger partial charge in [0.05, 0.1) is 12.2 Å². The maximum Gasteiger partial charge on any atom is 0.0758 e. The molecule has 3 nitrogen and oxygen atoms in total. The predicted molar refractivity (Wildman–Crippen MR) is 85.4 cm³/mol. The van der Waals surface area contributed by atoms with E-state index in [0.717, 1.165) is 19.1 Å². The molecule has 2 aliphatic rings. The van der Waals surface area contributed by atoms with Crippen molar-refractivity contribution in [2.24, 2.45) is 0 Å². The molecular formula is C18H24N2O. The third kappa shape index (κ3) is 2.85. The molecule has 1 N–H and O–H groups in total. The van der Waals surface area contributed by atoms with E-state index in [1.165, 1.54) is 42.1 Å². The molecule has 2 aromatic rings. The van der Waals surface area contributed by atoms with Crippen LogP contribution in [0.25, 0.3) is 10.9 Å². The molecule has 0 radical (unpaired) electrons. The fraction of sp³-hybridized carbons (Fsp3) is 0.556. The molecule has 2 fully saturated rings. The van der Waals surface area contributed by atoms with E-state index in [-0.39, 0.29) is 0 Å². The van der Waals surface area contributed by atoms with E-state index < -0.39 is 0 Å². The van der Waals surface area contributed by atoms with Gasteiger partial charge in [0.2, 0.25) is 0 Å². The second-order valence-corrected chi connectivity index (χ2v) is 6.63. The predicted octanol–water partition coefficient (Wildman–Crippen LogP) is 3.46. The standard InChI is InChI=1S/C18H24N2O/c1-13-6-9-16(21-13)12-20-11-14(10-19-15-7-8-15)17-4-2-3-5-18(17)20/h2-5,11,13,15-16,19H,6-10,12H2,1H3. The summed E-state index contributed by atoms with van der Waals surface area (Å²) in [5.74, 6) is 0. The molecule has 2 heterocycles. The number of ether oxygens (including phenoxy) is 1. The van der Waals surface area contributed by atoms with Gasteiger partial charge in [-0.3, -0.25) is 0 Å². The Morgan fingerprint density at radius 2 is 2.05 bits per heavy atom. The molecule has 0 spiro atoms. The van der Waals surface area contributed by atoms with Crippen molar-refractivity contribution in [3.63, 3.8) is 0 Å². The SMILES string of the molecule is CC1CCC(Cn2cc(CNC3CC3)c3ccccc32)O1. The Balaban J connectivity index is 1.58. The molecule has 0 bridgehead atoms. The van der Waals surface area contributed by atoms with Crippen LogP contribution in [0.1, 0.15) is 38.2 Å². The first-order valence-corrected chi connectivity index (χ1v) is 8.25. The first-order valence-electron chi connectivity index (χ1n) is 8.25. The van der Waals surface area contributed by atoms with Crippen LogP contribution in [-0.2, 0) is 17.8 Å². The number of benzene rings is 1. The topological polar surface area (TPSA) is 26.2 Å². The lowest BCUT2D eigenvalue weighted by Gasteiger charge is -2.13. The van der Waals surface area contributed by atoms with Crippen molar-refractivity contribution in [1.82, 2.24) is 9.88 Å². The third-order valence-corrected chi connectivity index (χ3v) is 4.75. The highest BCUT2D eigenvalue weighted by Crippen LogP contribution is 2.26.